The number of aliphatic hydroxyl groups is 1. The molecule has 0 aromatic carbocycles. The molecule has 1 aromatic heterocycles. The molecule has 6 heteroatoms. The topological polar surface area (TPSA) is 65.9 Å². The summed E-state index contributed by atoms with van der Waals surface area (Å²) in [6.45, 7) is 0.596. The van der Waals surface area contributed by atoms with E-state index >= 15 is 0 Å². The fraction of sp³-hybridized carbons (Fsp3) is 0.571. The van der Waals surface area contributed by atoms with Gasteiger partial charge < -0.3 is 19.6 Å². The maximum atomic E-state index is 12.2. The molecular formula is C14H21N3O3. The molecule has 1 saturated heterocycles. The number of aliphatic hydroxyl groups excluding tert-OH is 1. The lowest BCUT2D eigenvalue weighted by Gasteiger charge is -2.23. The summed E-state index contributed by atoms with van der Waals surface area (Å²) >= 11 is 0. The van der Waals surface area contributed by atoms with Gasteiger partial charge in [0.2, 0.25) is 0 Å². The average Bonchev–Trinajstić information content (AvgIpc) is 2.90. The van der Waals surface area contributed by atoms with Gasteiger partial charge in [-0.3, -0.25) is 9.78 Å². The largest absolute Gasteiger partial charge is 0.482 e. The van der Waals surface area contributed by atoms with E-state index < -0.39 is 0 Å². The van der Waals surface area contributed by atoms with Crippen molar-refractivity contribution in [1.29, 1.82) is 0 Å². The van der Waals surface area contributed by atoms with Crippen LogP contribution < -0.4 is 4.74 Å². The van der Waals surface area contributed by atoms with Gasteiger partial charge in [0.25, 0.3) is 5.91 Å². The number of aromatic nitrogens is 1. The summed E-state index contributed by atoms with van der Waals surface area (Å²) in [5.41, 5.74) is 0. The molecule has 2 heterocycles. The zero-order valence-corrected chi connectivity index (χ0v) is 11.9. The number of rotatable bonds is 5. The normalized spacial score (nSPS) is 22.3. The molecule has 0 spiro atoms. The van der Waals surface area contributed by atoms with E-state index in [2.05, 4.69) is 9.88 Å². The molecule has 6 nitrogen and oxygen atoms in total. The first-order chi connectivity index (χ1) is 9.61. The van der Waals surface area contributed by atoms with Crippen molar-refractivity contribution in [3.63, 3.8) is 0 Å². The summed E-state index contributed by atoms with van der Waals surface area (Å²) in [7, 11) is 3.97. The number of carbonyl (C=O) groups excluding carboxylic acids is 1. The first-order valence-corrected chi connectivity index (χ1v) is 6.71. The smallest absolute Gasteiger partial charge is 0.260 e. The number of likely N-dealkylation sites (tertiary alicyclic amines) is 1. The molecule has 2 rings (SSSR count). The van der Waals surface area contributed by atoms with Gasteiger partial charge in [0.15, 0.2) is 6.61 Å². The van der Waals surface area contributed by atoms with Crippen LogP contribution in [0, 0.1) is 0 Å². The molecule has 1 fully saturated rings. The highest BCUT2D eigenvalue weighted by Crippen LogP contribution is 2.21. The Morgan fingerprint density at radius 2 is 2.40 bits per heavy atom. The minimum absolute atomic E-state index is 0.0109. The number of nitrogens with zero attached hydrogens (tertiary/aromatic N) is 3. The highest BCUT2D eigenvalue weighted by atomic mass is 16.5. The van der Waals surface area contributed by atoms with Crippen molar-refractivity contribution in [2.75, 3.05) is 33.9 Å². The van der Waals surface area contributed by atoms with Crippen LogP contribution in [0.15, 0.2) is 24.5 Å². The zero-order valence-electron chi connectivity index (χ0n) is 11.9. The van der Waals surface area contributed by atoms with Gasteiger partial charge in [-0.2, -0.15) is 0 Å². The quantitative estimate of drug-likeness (QED) is 0.821. The lowest BCUT2D eigenvalue weighted by atomic mass is 10.2. The van der Waals surface area contributed by atoms with Gasteiger partial charge in [-0.1, -0.05) is 0 Å². The molecule has 1 aliphatic rings. The molecule has 1 aliphatic heterocycles. The summed E-state index contributed by atoms with van der Waals surface area (Å²) < 4.78 is 5.42. The summed E-state index contributed by atoms with van der Waals surface area (Å²) in [5.74, 6) is 0.474. The third-order valence-electron chi connectivity index (χ3n) is 3.65. The monoisotopic (exact) mass is 279 g/mol. The van der Waals surface area contributed by atoms with Gasteiger partial charge in [0, 0.05) is 18.8 Å². The Hall–Kier alpha value is -1.66. The van der Waals surface area contributed by atoms with Gasteiger partial charge in [-0.05, 0) is 32.6 Å². The van der Waals surface area contributed by atoms with E-state index in [1.165, 1.54) is 0 Å². The van der Waals surface area contributed by atoms with Crippen LogP contribution in [0.5, 0.6) is 5.75 Å². The Morgan fingerprint density at radius 1 is 1.60 bits per heavy atom. The summed E-state index contributed by atoms with van der Waals surface area (Å²) in [6.07, 6.45) is 4.02. The third-order valence-corrected chi connectivity index (χ3v) is 3.65. The Bertz CT molecular complexity index is 439. The number of pyridine rings is 1. The molecule has 1 N–H and O–H groups in total. The van der Waals surface area contributed by atoms with Gasteiger partial charge in [-0.25, -0.2) is 0 Å². The molecule has 2 atom stereocenters. The molecule has 0 radical (unpaired) electrons. The molecular weight excluding hydrogens is 258 g/mol. The maximum Gasteiger partial charge on any atom is 0.260 e. The number of ether oxygens (including phenoxy) is 1. The van der Waals surface area contributed by atoms with Crippen molar-refractivity contribution in [1.82, 2.24) is 14.8 Å². The Kier molecular flexibility index (Phi) is 4.92. The van der Waals surface area contributed by atoms with E-state index in [1.807, 2.05) is 14.1 Å². The summed E-state index contributed by atoms with van der Waals surface area (Å²) in [6, 6.07) is 3.69. The highest BCUT2D eigenvalue weighted by molar-refractivity contribution is 5.78. The van der Waals surface area contributed by atoms with Crippen molar-refractivity contribution in [2.24, 2.45) is 0 Å². The SMILES string of the molecule is CN(C)[C@@H]1C[C@@H](CO)N(C(=O)COc2cccnc2)C1. The first-order valence-electron chi connectivity index (χ1n) is 6.71. The second-order valence-electron chi connectivity index (χ2n) is 5.21. The number of carbonyl (C=O) groups is 1. The Balaban J connectivity index is 1.91. The highest BCUT2D eigenvalue weighted by Gasteiger charge is 2.35. The fourth-order valence-corrected chi connectivity index (χ4v) is 2.41. The Morgan fingerprint density at radius 3 is 3.00 bits per heavy atom. The van der Waals surface area contributed by atoms with Crippen LogP contribution in [0.1, 0.15) is 6.42 Å². The van der Waals surface area contributed by atoms with Gasteiger partial charge in [0.05, 0.1) is 18.8 Å². The third kappa shape index (κ3) is 3.46. The van der Waals surface area contributed by atoms with E-state index in [0.29, 0.717) is 12.3 Å². The van der Waals surface area contributed by atoms with Crippen molar-refractivity contribution < 1.29 is 14.6 Å². The molecule has 1 amide bonds. The number of amides is 1. The number of hydrogen-bond donors (Lipinski definition) is 1. The maximum absolute atomic E-state index is 12.2. The predicted octanol–water partition coefficient (Wildman–Crippen LogP) is -0.0162. The number of likely N-dealkylation sites (N-methyl/N-ethyl adjacent to an activating group) is 1. The minimum atomic E-state index is -0.118. The number of hydrogen-bond acceptors (Lipinski definition) is 5. The summed E-state index contributed by atoms with van der Waals surface area (Å²) in [4.78, 5) is 19.9. The van der Waals surface area contributed by atoms with E-state index in [-0.39, 0.29) is 31.2 Å². The van der Waals surface area contributed by atoms with Crippen LogP contribution in [0.3, 0.4) is 0 Å². The van der Waals surface area contributed by atoms with Crippen molar-refractivity contribution >= 4 is 5.91 Å². The van der Waals surface area contributed by atoms with Gasteiger partial charge in [-0.15, -0.1) is 0 Å². The van der Waals surface area contributed by atoms with E-state index in [4.69, 9.17) is 4.74 Å². The van der Waals surface area contributed by atoms with Crippen LogP contribution >= 0.6 is 0 Å². The van der Waals surface area contributed by atoms with E-state index in [1.54, 1.807) is 29.4 Å². The molecule has 0 bridgehead atoms. The molecule has 0 saturated carbocycles. The van der Waals surface area contributed by atoms with Crippen LogP contribution in [0.2, 0.25) is 0 Å². The average molecular weight is 279 g/mol. The van der Waals surface area contributed by atoms with Crippen molar-refractivity contribution in [2.45, 2.75) is 18.5 Å². The second-order valence-corrected chi connectivity index (χ2v) is 5.21. The summed E-state index contributed by atoms with van der Waals surface area (Å²) in [5, 5.41) is 9.41. The van der Waals surface area contributed by atoms with Crippen LogP contribution in [0.4, 0.5) is 0 Å². The van der Waals surface area contributed by atoms with Crippen molar-refractivity contribution in [3.05, 3.63) is 24.5 Å². The van der Waals surface area contributed by atoms with Gasteiger partial charge >= 0.3 is 0 Å². The molecule has 0 unspecified atom stereocenters. The molecule has 110 valence electrons. The molecule has 0 aliphatic carbocycles. The van der Waals surface area contributed by atoms with E-state index in [0.717, 1.165) is 6.42 Å². The van der Waals surface area contributed by atoms with Crippen LogP contribution in [0.25, 0.3) is 0 Å². The standard InChI is InChI=1S/C14H21N3O3/c1-16(2)11-6-12(9-18)17(8-11)14(19)10-20-13-4-3-5-15-7-13/h3-5,7,11-12,18H,6,8-10H2,1-2H3/t11-,12+/m1/s1. The predicted molar refractivity (Wildman–Crippen MR) is 74.4 cm³/mol. The molecule has 1 aromatic rings. The Labute approximate surface area is 119 Å². The minimum Gasteiger partial charge on any atom is -0.482 e. The zero-order chi connectivity index (χ0) is 14.5. The lowest BCUT2D eigenvalue weighted by molar-refractivity contribution is -0.135. The second kappa shape index (κ2) is 6.67. The van der Waals surface area contributed by atoms with Crippen LogP contribution in [-0.2, 0) is 4.79 Å². The fourth-order valence-electron chi connectivity index (χ4n) is 2.41. The first kappa shape index (κ1) is 14.7. The lowest BCUT2D eigenvalue weighted by Crippen LogP contribution is -2.41. The van der Waals surface area contributed by atoms with Gasteiger partial charge in [0.1, 0.15) is 5.75 Å². The van der Waals surface area contributed by atoms with E-state index in [9.17, 15) is 9.90 Å². The van der Waals surface area contributed by atoms with Crippen molar-refractivity contribution in [3.8, 4) is 5.75 Å². The van der Waals surface area contributed by atoms with Crippen LogP contribution in [-0.4, -0.2) is 71.7 Å². The molecule has 20 heavy (non-hydrogen) atoms.